The highest BCUT2D eigenvalue weighted by Gasteiger charge is 2.30. The van der Waals surface area contributed by atoms with E-state index in [-0.39, 0.29) is 0 Å². The number of benzene rings is 1. The van der Waals surface area contributed by atoms with Crippen molar-refractivity contribution in [2.24, 2.45) is 0 Å². The van der Waals surface area contributed by atoms with Gasteiger partial charge in [0.1, 0.15) is 5.75 Å². The van der Waals surface area contributed by atoms with Gasteiger partial charge in [0, 0.05) is 23.3 Å². The van der Waals surface area contributed by atoms with Gasteiger partial charge in [-0.25, -0.2) is 8.42 Å². The summed E-state index contributed by atoms with van der Waals surface area (Å²) in [5.41, 5.74) is 1.37. The average molecular weight is 291 g/mol. The molecular formula is C12H15ClO4S. The maximum Gasteiger partial charge on any atom is 0.152 e. The summed E-state index contributed by atoms with van der Waals surface area (Å²) in [5.74, 6) is 0.572. The third-order valence-corrected chi connectivity index (χ3v) is 5.04. The number of aliphatic hydroxyl groups is 1. The van der Waals surface area contributed by atoms with E-state index in [9.17, 15) is 13.5 Å². The number of aliphatic hydroxyl groups excluding tert-OH is 1. The quantitative estimate of drug-likeness (QED) is 0.921. The Bertz CT molecular complexity index is 568. The predicted molar refractivity (Wildman–Crippen MR) is 69.9 cm³/mol. The summed E-state index contributed by atoms with van der Waals surface area (Å²) < 4.78 is 28.4. The summed E-state index contributed by atoms with van der Waals surface area (Å²) in [7, 11) is -3.33. The van der Waals surface area contributed by atoms with Gasteiger partial charge in [-0.15, -0.1) is 0 Å². The molecule has 2 unspecified atom stereocenters. The van der Waals surface area contributed by atoms with E-state index in [2.05, 4.69) is 0 Å². The highest BCUT2D eigenvalue weighted by atomic mass is 35.5. The molecule has 1 heterocycles. The van der Waals surface area contributed by atoms with Crippen LogP contribution in [0, 0.1) is 0 Å². The third-order valence-electron chi connectivity index (χ3n) is 3.22. The zero-order valence-corrected chi connectivity index (χ0v) is 11.8. The first kappa shape index (κ1) is 13.6. The minimum atomic E-state index is -3.33. The number of sulfone groups is 1. The molecule has 100 valence electrons. The van der Waals surface area contributed by atoms with Crippen molar-refractivity contribution >= 4 is 21.4 Å². The number of fused-ring (bicyclic) bond motifs is 1. The molecule has 1 aromatic rings. The Labute approximate surface area is 111 Å². The Morgan fingerprint density at radius 3 is 2.72 bits per heavy atom. The molecule has 0 aromatic heterocycles. The summed E-state index contributed by atoms with van der Waals surface area (Å²) in [6.07, 6.45) is 0.695. The summed E-state index contributed by atoms with van der Waals surface area (Å²) in [5, 5.41) is 9.78. The van der Waals surface area contributed by atoms with Gasteiger partial charge in [-0.05, 0) is 24.6 Å². The van der Waals surface area contributed by atoms with Crippen molar-refractivity contribution < 1.29 is 18.3 Å². The molecule has 1 aliphatic heterocycles. The lowest BCUT2D eigenvalue weighted by molar-refractivity contribution is 0.171. The number of ether oxygens (including phenoxy) is 1. The van der Waals surface area contributed by atoms with Crippen molar-refractivity contribution in [3.63, 3.8) is 0 Å². The van der Waals surface area contributed by atoms with Gasteiger partial charge in [-0.3, -0.25) is 0 Å². The molecule has 18 heavy (non-hydrogen) atoms. The van der Waals surface area contributed by atoms with Crippen molar-refractivity contribution in [2.75, 3.05) is 12.9 Å². The van der Waals surface area contributed by atoms with Crippen LogP contribution in [0.5, 0.6) is 5.75 Å². The summed E-state index contributed by atoms with van der Waals surface area (Å²) in [6, 6.07) is 3.35. The van der Waals surface area contributed by atoms with E-state index in [0.29, 0.717) is 22.9 Å². The molecule has 0 spiro atoms. The Kier molecular flexibility index (Phi) is 3.58. The van der Waals surface area contributed by atoms with Crippen LogP contribution in [0.4, 0.5) is 0 Å². The van der Waals surface area contributed by atoms with Gasteiger partial charge in [0.05, 0.1) is 18.0 Å². The molecule has 0 amide bonds. The Morgan fingerprint density at radius 2 is 2.11 bits per heavy atom. The lowest BCUT2D eigenvalue weighted by Crippen LogP contribution is -2.24. The molecular weight excluding hydrogens is 276 g/mol. The molecule has 0 radical (unpaired) electrons. The van der Waals surface area contributed by atoms with Crippen LogP contribution in [-0.2, 0) is 16.3 Å². The lowest BCUT2D eigenvalue weighted by atomic mass is 10.0. The maximum absolute atomic E-state index is 11.5. The fourth-order valence-electron chi connectivity index (χ4n) is 2.00. The van der Waals surface area contributed by atoms with Crippen LogP contribution >= 0.6 is 11.6 Å². The van der Waals surface area contributed by atoms with Crippen LogP contribution in [0.25, 0.3) is 0 Å². The molecule has 1 aromatic carbocycles. The molecule has 0 bridgehead atoms. The van der Waals surface area contributed by atoms with Gasteiger partial charge in [0.25, 0.3) is 0 Å². The van der Waals surface area contributed by atoms with E-state index in [0.717, 1.165) is 18.2 Å². The molecule has 1 N–H and O–H groups in total. The first-order valence-electron chi connectivity index (χ1n) is 5.62. The fourth-order valence-corrected chi connectivity index (χ4v) is 2.87. The molecule has 4 nitrogen and oxygen atoms in total. The molecule has 6 heteroatoms. The second-order valence-electron chi connectivity index (χ2n) is 4.56. The number of hydrogen-bond acceptors (Lipinski definition) is 4. The van der Waals surface area contributed by atoms with Crippen molar-refractivity contribution in [3.05, 3.63) is 28.3 Å². The van der Waals surface area contributed by atoms with E-state index < -0.39 is 21.2 Å². The Balaban J connectivity index is 2.46. The van der Waals surface area contributed by atoms with E-state index >= 15 is 0 Å². The zero-order chi connectivity index (χ0) is 13.5. The first-order chi connectivity index (χ1) is 8.30. The molecule has 0 fully saturated rings. The van der Waals surface area contributed by atoms with Gasteiger partial charge >= 0.3 is 0 Å². The van der Waals surface area contributed by atoms with Crippen molar-refractivity contribution in [1.29, 1.82) is 0 Å². The topological polar surface area (TPSA) is 63.6 Å². The summed E-state index contributed by atoms with van der Waals surface area (Å²) in [6.45, 7) is 2.00. The average Bonchev–Trinajstić information content (AvgIpc) is 2.72. The van der Waals surface area contributed by atoms with Gasteiger partial charge in [-0.2, -0.15) is 0 Å². The van der Waals surface area contributed by atoms with Crippen LogP contribution in [0.1, 0.15) is 24.2 Å². The maximum atomic E-state index is 11.5. The zero-order valence-electron chi connectivity index (χ0n) is 10.2. The second-order valence-corrected chi connectivity index (χ2v) is 7.40. The van der Waals surface area contributed by atoms with Crippen LogP contribution in [0.2, 0.25) is 5.02 Å². The highest BCUT2D eigenvalue weighted by molar-refractivity contribution is 7.91. The van der Waals surface area contributed by atoms with Gasteiger partial charge in [0.15, 0.2) is 9.84 Å². The van der Waals surface area contributed by atoms with Gasteiger partial charge < -0.3 is 9.84 Å². The summed E-state index contributed by atoms with van der Waals surface area (Å²) >= 11 is 5.98. The SMILES string of the molecule is CC(C(O)c1cc(Cl)cc2c1OCC2)S(C)(=O)=O. The number of hydrogen-bond donors (Lipinski definition) is 1. The van der Waals surface area contributed by atoms with Crippen LogP contribution < -0.4 is 4.74 Å². The molecule has 2 atom stereocenters. The minimum absolute atomic E-state index is 0.452. The number of halogens is 1. The normalized spacial score (nSPS) is 18.0. The smallest absolute Gasteiger partial charge is 0.152 e. The van der Waals surface area contributed by atoms with E-state index in [1.54, 1.807) is 12.1 Å². The predicted octanol–water partition coefficient (Wildman–Crippen LogP) is 1.74. The van der Waals surface area contributed by atoms with Gasteiger partial charge in [-0.1, -0.05) is 11.6 Å². The summed E-state index contributed by atoms with van der Waals surface area (Å²) in [4.78, 5) is 0. The third kappa shape index (κ3) is 2.48. The van der Waals surface area contributed by atoms with E-state index in [1.165, 1.54) is 6.92 Å². The Morgan fingerprint density at radius 1 is 1.44 bits per heavy atom. The fraction of sp³-hybridized carbons (Fsp3) is 0.500. The van der Waals surface area contributed by atoms with Crippen LogP contribution in [0.3, 0.4) is 0 Å². The molecule has 1 aliphatic rings. The van der Waals surface area contributed by atoms with Crippen LogP contribution in [0.15, 0.2) is 12.1 Å². The van der Waals surface area contributed by atoms with E-state index in [1.807, 2.05) is 0 Å². The second kappa shape index (κ2) is 4.72. The minimum Gasteiger partial charge on any atom is -0.493 e. The molecule has 0 saturated heterocycles. The number of rotatable bonds is 3. The Hall–Kier alpha value is -0.780. The molecule has 2 rings (SSSR count). The first-order valence-corrected chi connectivity index (χ1v) is 7.96. The standard InChI is InChI=1S/C12H15ClO4S/c1-7(18(2,15)16)11(14)10-6-9(13)5-8-3-4-17-12(8)10/h5-7,11,14H,3-4H2,1-2H3. The molecule has 0 aliphatic carbocycles. The van der Waals surface area contributed by atoms with Crippen molar-refractivity contribution in [2.45, 2.75) is 24.7 Å². The molecule has 0 saturated carbocycles. The monoisotopic (exact) mass is 290 g/mol. The largest absolute Gasteiger partial charge is 0.493 e. The highest BCUT2D eigenvalue weighted by Crippen LogP contribution is 2.38. The van der Waals surface area contributed by atoms with Crippen molar-refractivity contribution in [3.8, 4) is 5.75 Å². The van der Waals surface area contributed by atoms with E-state index in [4.69, 9.17) is 16.3 Å². The van der Waals surface area contributed by atoms with Crippen molar-refractivity contribution in [1.82, 2.24) is 0 Å². The van der Waals surface area contributed by atoms with Gasteiger partial charge in [0.2, 0.25) is 0 Å². The van der Waals surface area contributed by atoms with Crippen LogP contribution in [-0.4, -0.2) is 31.6 Å². The lowest BCUT2D eigenvalue weighted by Gasteiger charge is -2.20.